The molecule has 1 saturated heterocycles. The van der Waals surface area contributed by atoms with E-state index in [0.717, 1.165) is 0 Å². The second-order valence-corrected chi connectivity index (χ2v) is 8.07. The molecule has 0 radical (unpaired) electrons. The van der Waals surface area contributed by atoms with Crippen LogP contribution in [-0.2, 0) is 9.53 Å². The van der Waals surface area contributed by atoms with E-state index in [0.29, 0.717) is 34.2 Å². The standard InChI is InChI=1S/C18H24Cl2N2O4/c1-18(2,3)26-17(24)22-10(9-14(21)23)5-7-12(22)15-13(25-4)8-6-11(19)16(15)20/h6,8,10,12H,5,7,9H2,1-4H3,(H2,21,23)/t10-,12+/m0/s1. The minimum atomic E-state index is -0.677. The molecular formula is C18H24Cl2N2O4. The molecule has 2 amide bonds. The van der Waals surface area contributed by atoms with Gasteiger partial charge < -0.3 is 15.2 Å². The Bertz CT molecular complexity index is 703. The van der Waals surface area contributed by atoms with Crippen LogP contribution in [0.5, 0.6) is 5.75 Å². The van der Waals surface area contributed by atoms with E-state index >= 15 is 0 Å². The third kappa shape index (κ3) is 4.54. The molecule has 2 rings (SSSR count). The predicted octanol–water partition coefficient (Wildman–Crippen LogP) is 4.32. The average Bonchev–Trinajstić information content (AvgIpc) is 2.90. The summed E-state index contributed by atoms with van der Waals surface area (Å²) in [6.45, 7) is 5.35. The van der Waals surface area contributed by atoms with Crippen LogP contribution in [-0.4, -0.2) is 35.7 Å². The van der Waals surface area contributed by atoms with Crippen molar-refractivity contribution >= 4 is 35.2 Å². The lowest BCUT2D eigenvalue weighted by molar-refractivity contribution is -0.119. The molecule has 1 aliphatic heterocycles. The molecule has 144 valence electrons. The van der Waals surface area contributed by atoms with Gasteiger partial charge in [-0.15, -0.1) is 0 Å². The van der Waals surface area contributed by atoms with Gasteiger partial charge in [-0.25, -0.2) is 4.79 Å². The molecule has 0 bridgehead atoms. The second-order valence-electron chi connectivity index (χ2n) is 7.28. The number of rotatable bonds is 4. The van der Waals surface area contributed by atoms with Gasteiger partial charge >= 0.3 is 6.09 Å². The number of nitrogens with two attached hydrogens (primary N) is 1. The topological polar surface area (TPSA) is 81.9 Å². The van der Waals surface area contributed by atoms with Gasteiger partial charge in [-0.3, -0.25) is 9.69 Å². The number of benzene rings is 1. The molecule has 0 spiro atoms. The van der Waals surface area contributed by atoms with E-state index in [1.807, 2.05) is 0 Å². The number of primary amides is 1. The lowest BCUT2D eigenvalue weighted by Gasteiger charge is -2.33. The van der Waals surface area contributed by atoms with Crippen LogP contribution in [0.2, 0.25) is 10.0 Å². The first-order chi connectivity index (χ1) is 12.0. The highest BCUT2D eigenvalue weighted by Gasteiger charge is 2.42. The summed E-state index contributed by atoms with van der Waals surface area (Å²) >= 11 is 12.6. The van der Waals surface area contributed by atoms with Crippen molar-refractivity contribution in [1.82, 2.24) is 4.90 Å². The first-order valence-corrected chi connectivity index (χ1v) is 9.12. The Hall–Kier alpha value is -1.66. The number of hydrogen-bond acceptors (Lipinski definition) is 4. The zero-order valence-electron chi connectivity index (χ0n) is 15.3. The Labute approximate surface area is 163 Å². The Morgan fingerprint density at radius 3 is 2.46 bits per heavy atom. The summed E-state index contributed by atoms with van der Waals surface area (Å²) in [5, 5.41) is 0.689. The van der Waals surface area contributed by atoms with Crippen LogP contribution in [0.15, 0.2) is 12.1 Å². The van der Waals surface area contributed by atoms with Crippen molar-refractivity contribution in [2.45, 2.75) is 57.7 Å². The van der Waals surface area contributed by atoms with Gasteiger partial charge in [0, 0.05) is 18.0 Å². The van der Waals surface area contributed by atoms with Gasteiger partial charge in [-0.1, -0.05) is 23.2 Å². The summed E-state index contributed by atoms with van der Waals surface area (Å²) in [4.78, 5) is 25.9. The highest BCUT2D eigenvalue weighted by atomic mass is 35.5. The molecule has 0 saturated carbocycles. The van der Waals surface area contributed by atoms with Crippen LogP contribution in [0.1, 0.15) is 51.6 Å². The highest BCUT2D eigenvalue weighted by molar-refractivity contribution is 6.42. The minimum absolute atomic E-state index is 0.0518. The first-order valence-electron chi connectivity index (χ1n) is 8.36. The number of amides is 2. The molecule has 6 nitrogen and oxygen atoms in total. The molecule has 1 fully saturated rings. The van der Waals surface area contributed by atoms with E-state index in [1.54, 1.807) is 32.9 Å². The number of carbonyl (C=O) groups excluding carboxylic acids is 2. The van der Waals surface area contributed by atoms with Crippen molar-refractivity contribution in [3.63, 3.8) is 0 Å². The van der Waals surface area contributed by atoms with Crippen molar-refractivity contribution in [1.29, 1.82) is 0 Å². The van der Waals surface area contributed by atoms with E-state index < -0.39 is 23.6 Å². The van der Waals surface area contributed by atoms with Crippen LogP contribution in [0.4, 0.5) is 4.79 Å². The van der Waals surface area contributed by atoms with E-state index in [-0.39, 0.29) is 12.5 Å². The number of methoxy groups -OCH3 is 1. The van der Waals surface area contributed by atoms with Crippen LogP contribution in [0, 0.1) is 0 Å². The van der Waals surface area contributed by atoms with Crippen molar-refractivity contribution in [3.8, 4) is 5.75 Å². The summed E-state index contributed by atoms with van der Waals surface area (Å²) in [6.07, 6.45) is 0.715. The summed E-state index contributed by atoms with van der Waals surface area (Å²) in [5.74, 6) is 0.0473. The Balaban J connectivity index is 2.48. The van der Waals surface area contributed by atoms with Gasteiger partial charge in [0.2, 0.25) is 5.91 Å². The normalized spacial score (nSPS) is 20.2. The van der Waals surface area contributed by atoms with E-state index in [1.165, 1.54) is 12.0 Å². The fraction of sp³-hybridized carbons (Fsp3) is 0.556. The lowest BCUT2D eigenvalue weighted by Crippen LogP contribution is -2.42. The quantitative estimate of drug-likeness (QED) is 0.812. The minimum Gasteiger partial charge on any atom is -0.496 e. The molecule has 26 heavy (non-hydrogen) atoms. The van der Waals surface area contributed by atoms with E-state index in [4.69, 9.17) is 38.4 Å². The number of carbonyl (C=O) groups is 2. The molecule has 1 aromatic rings. The van der Waals surface area contributed by atoms with Crippen LogP contribution in [0.25, 0.3) is 0 Å². The molecule has 1 aromatic carbocycles. The molecule has 8 heteroatoms. The number of ether oxygens (including phenoxy) is 2. The van der Waals surface area contributed by atoms with Crippen LogP contribution in [0.3, 0.4) is 0 Å². The first kappa shape index (κ1) is 20.6. The second kappa shape index (κ2) is 7.92. The number of nitrogens with zero attached hydrogens (tertiary/aromatic N) is 1. The molecule has 2 atom stereocenters. The predicted molar refractivity (Wildman–Crippen MR) is 101 cm³/mol. The molecule has 2 N–H and O–H groups in total. The summed E-state index contributed by atoms with van der Waals surface area (Å²) in [7, 11) is 1.52. The Morgan fingerprint density at radius 2 is 1.92 bits per heavy atom. The smallest absolute Gasteiger partial charge is 0.411 e. The van der Waals surface area contributed by atoms with Crippen LogP contribution >= 0.6 is 23.2 Å². The van der Waals surface area contributed by atoms with Crippen molar-refractivity contribution in [3.05, 3.63) is 27.7 Å². The van der Waals surface area contributed by atoms with Gasteiger partial charge in [0.1, 0.15) is 11.4 Å². The number of likely N-dealkylation sites (tertiary alicyclic amines) is 1. The monoisotopic (exact) mass is 402 g/mol. The third-order valence-corrected chi connectivity index (χ3v) is 5.01. The maximum absolute atomic E-state index is 12.9. The number of halogens is 2. The zero-order valence-corrected chi connectivity index (χ0v) is 16.9. The van der Waals surface area contributed by atoms with Crippen LogP contribution < -0.4 is 10.5 Å². The summed E-state index contributed by atoms with van der Waals surface area (Å²) in [5.41, 5.74) is 5.30. The Kier molecular flexibility index (Phi) is 6.29. The zero-order chi connectivity index (χ0) is 19.6. The fourth-order valence-corrected chi connectivity index (χ4v) is 3.67. The van der Waals surface area contributed by atoms with Gasteiger partial charge in [0.05, 0.1) is 23.2 Å². The summed E-state index contributed by atoms with van der Waals surface area (Å²) < 4.78 is 11.0. The van der Waals surface area contributed by atoms with Gasteiger partial charge in [0.25, 0.3) is 0 Å². The van der Waals surface area contributed by atoms with Crippen molar-refractivity contribution < 1.29 is 19.1 Å². The Morgan fingerprint density at radius 1 is 1.27 bits per heavy atom. The highest BCUT2D eigenvalue weighted by Crippen LogP contribution is 2.46. The lowest BCUT2D eigenvalue weighted by atomic mass is 10.0. The molecule has 1 aliphatic rings. The summed E-state index contributed by atoms with van der Waals surface area (Å²) in [6, 6.07) is 2.56. The maximum atomic E-state index is 12.9. The molecular weight excluding hydrogens is 379 g/mol. The average molecular weight is 403 g/mol. The van der Waals surface area contributed by atoms with E-state index in [2.05, 4.69) is 0 Å². The molecule has 0 unspecified atom stereocenters. The van der Waals surface area contributed by atoms with Gasteiger partial charge in [-0.05, 0) is 45.7 Å². The van der Waals surface area contributed by atoms with Crippen molar-refractivity contribution in [2.75, 3.05) is 7.11 Å². The largest absolute Gasteiger partial charge is 0.496 e. The SMILES string of the molecule is COc1ccc(Cl)c(Cl)c1[C@H]1CC[C@@H](CC(N)=O)N1C(=O)OC(C)(C)C. The van der Waals surface area contributed by atoms with Gasteiger partial charge in [-0.2, -0.15) is 0 Å². The van der Waals surface area contributed by atoms with Crippen molar-refractivity contribution in [2.24, 2.45) is 5.73 Å². The molecule has 0 aliphatic carbocycles. The van der Waals surface area contributed by atoms with Gasteiger partial charge in [0.15, 0.2) is 0 Å². The molecule has 1 heterocycles. The molecule has 0 aromatic heterocycles. The third-order valence-electron chi connectivity index (χ3n) is 4.19. The van der Waals surface area contributed by atoms with E-state index in [9.17, 15) is 9.59 Å². The fourth-order valence-electron chi connectivity index (χ4n) is 3.23. The number of hydrogen-bond donors (Lipinski definition) is 1. The maximum Gasteiger partial charge on any atom is 0.411 e.